The molecule has 2 aromatic carbocycles. The van der Waals surface area contributed by atoms with Crippen LogP contribution >= 0.6 is 46.6 Å². The Balaban J connectivity index is 1.55. The zero-order valence-corrected chi connectivity index (χ0v) is 22.6. The van der Waals surface area contributed by atoms with Gasteiger partial charge in [0.15, 0.2) is 11.4 Å². The van der Waals surface area contributed by atoms with Crippen molar-refractivity contribution in [2.75, 3.05) is 11.1 Å². The second kappa shape index (κ2) is 11.7. The van der Waals surface area contributed by atoms with Crippen molar-refractivity contribution < 1.29 is 19.4 Å². The minimum absolute atomic E-state index is 0.0226. The molecule has 0 unspecified atom stereocenters. The summed E-state index contributed by atoms with van der Waals surface area (Å²) in [6.07, 6.45) is 0.613. The molecule has 3 aromatic rings. The van der Waals surface area contributed by atoms with E-state index in [1.54, 1.807) is 42.4 Å². The summed E-state index contributed by atoms with van der Waals surface area (Å²) in [6.45, 7) is 2.07. The van der Waals surface area contributed by atoms with Gasteiger partial charge in [0, 0.05) is 30.0 Å². The van der Waals surface area contributed by atoms with Crippen LogP contribution < -0.4 is 5.32 Å². The average molecular weight is 572 g/mol. The minimum atomic E-state index is -2.06. The van der Waals surface area contributed by atoms with Gasteiger partial charge in [-0.25, -0.2) is 0 Å². The Morgan fingerprint density at radius 3 is 2.36 bits per heavy atom. The number of aromatic nitrogens is 3. The molecule has 2 N–H and O–H groups in total. The lowest BCUT2D eigenvalue weighted by Gasteiger charge is -2.41. The number of ether oxygens (including phenoxy) is 2. The van der Waals surface area contributed by atoms with E-state index in [4.69, 9.17) is 44.3 Å². The van der Waals surface area contributed by atoms with Gasteiger partial charge in [-0.2, -0.15) is 0 Å². The number of carbonyl (C=O) groups is 1. The fourth-order valence-electron chi connectivity index (χ4n) is 3.80. The smallest absolute Gasteiger partial charge is 0.276 e. The van der Waals surface area contributed by atoms with Gasteiger partial charge in [-0.3, -0.25) is 4.79 Å². The standard InChI is InChI=1S/C24H25Cl3N4O4S/c1-14-19(12-36-23-30-28-13-31(23)2)34-21(35-20(14)16-5-3-15(11-32)4-6-16)17-7-9-18(10-8-17)29-22(33)24(25,26)27/h3-10,13-14,19-21,32H,11-12H2,1-2H3,(H,29,33)/t14-,19+,20+,21+/m1/s1. The van der Waals surface area contributed by atoms with E-state index in [-0.39, 0.29) is 24.7 Å². The van der Waals surface area contributed by atoms with Crippen molar-refractivity contribution in [1.29, 1.82) is 0 Å². The van der Waals surface area contributed by atoms with Crippen molar-refractivity contribution >= 4 is 58.2 Å². The number of carbonyl (C=O) groups excluding carboxylic acids is 1. The molecule has 0 saturated carbocycles. The van der Waals surface area contributed by atoms with Gasteiger partial charge in [-0.1, -0.05) is 89.9 Å². The van der Waals surface area contributed by atoms with Crippen LogP contribution in [0.15, 0.2) is 60.0 Å². The quantitative estimate of drug-likeness (QED) is 0.297. The number of alkyl halides is 3. The summed E-state index contributed by atoms with van der Waals surface area (Å²) in [4.78, 5) is 12.0. The van der Waals surface area contributed by atoms with Crippen LogP contribution in [0.2, 0.25) is 0 Å². The normalized spacial score (nSPS) is 22.4. The molecule has 1 saturated heterocycles. The number of aliphatic hydroxyl groups excluding tert-OH is 1. The number of thioether (sulfide) groups is 1. The van der Waals surface area contributed by atoms with E-state index in [9.17, 15) is 9.90 Å². The number of rotatable bonds is 7. The third-order valence-electron chi connectivity index (χ3n) is 5.87. The first kappa shape index (κ1) is 27.2. The molecule has 0 bridgehead atoms. The van der Waals surface area contributed by atoms with Gasteiger partial charge in [0.05, 0.1) is 18.8 Å². The predicted molar refractivity (Wildman–Crippen MR) is 140 cm³/mol. The van der Waals surface area contributed by atoms with Gasteiger partial charge in [0.2, 0.25) is 0 Å². The zero-order chi connectivity index (χ0) is 25.9. The van der Waals surface area contributed by atoms with Gasteiger partial charge in [-0.05, 0) is 23.3 Å². The van der Waals surface area contributed by atoms with E-state index < -0.39 is 16.0 Å². The van der Waals surface area contributed by atoms with Crippen molar-refractivity contribution in [3.05, 3.63) is 71.5 Å². The molecule has 0 aliphatic carbocycles. The van der Waals surface area contributed by atoms with Crippen LogP contribution in [-0.2, 0) is 27.9 Å². The summed E-state index contributed by atoms with van der Waals surface area (Å²) < 4.78 is 12.6. The molecule has 8 nitrogen and oxygen atoms in total. The summed E-state index contributed by atoms with van der Waals surface area (Å²) in [6, 6.07) is 14.7. The lowest BCUT2D eigenvalue weighted by Crippen LogP contribution is -2.38. The molecule has 0 radical (unpaired) electrons. The number of hydrogen-bond acceptors (Lipinski definition) is 7. The number of amides is 1. The molecule has 192 valence electrons. The maximum absolute atomic E-state index is 12.0. The molecule has 1 fully saturated rings. The molecule has 4 rings (SSSR count). The van der Waals surface area contributed by atoms with E-state index in [1.165, 1.54) is 0 Å². The van der Waals surface area contributed by atoms with Crippen molar-refractivity contribution in [3.63, 3.8) is 0 Å². The van der Waals surface area contributed by atoms with Crippen LogP contribution in [0.4, 0.5) is 5.69 Å². The van der Waals surface area contributed by atoms with Gasteiger partial charge < -0.3 is 24.5 Å². The van der Waals surface area contributed by atoms with Gasteiger partial charge in [0.25, 0.3) is 9.70 Å². The highest BCUT2D eigenvalue weighted by Gasteiger charge is 2.38. The summed E-state index contributed by atoms with van der Waals surface area (Å²) in [5.41, 5.74) is 3.08. The molecule has 4 atom stereocenters. The Hall–Kier alpha value is -1.85. The number of halogens is 3. The summed E-state index contributed by atoms with van der Waals surface area (Å²) >= 11 is 18.5. The maximum atomic E-state index is 12.0. The number of aliphatic hydroxyl groups is 1. The third kappa shape index (κ3) is 6.52. The molecular formula is C24H25Cl3N4O4S. The molecule has 1 aliphatic rings. The molecule has 1 amide bonds. The number of nitrogens with one attached hydrogen (secondary N) is 1. The monoisotopic (exact) mass is 570 g/mol. The van der Waals surface area contributed by atoms with E-state index in [0.29, 0.717) is 11.4 Å². The fourth-order valence-corrected chi connectivity index (χ4v) is 4.99. The summed E-state index contributed by atoms with van der Waals surface area (Å²) in [5, 5.41) is 20.9. The first-order valence-corrected chi connectivity index (χ1v) is 13.2. The summed E-state index contributed by atoms with van der Waals surface area (Å²) in [7, 11) is 1.90. The highest BCUT2D eigenvalue weighted by molar-refractivity contribution is 7.99. The number of aryl methyl sites for hydroxylation is 1. The molecule has 2 heterocycles. The second-order valence-corrected chi connectivity index (χ2v) is 11.7. The maximum Gasteiger partial charge on any atom is 0.276 e. The Labute approximate surface area is 228 Å². The number of hydrogen-bond donors (Lipinski definition) is 2. The van der Waals surface area contributed by atoms with Crippen molar-refractivity contribution in [3.8, 4) is 0 Å². The molecule has 1 aromatic heterocycles. The molecule has 0 spiro atoms. The van der Waals surface area contributed by atoms with Gasteiger partial charge in [0.1, 0.15) is 6.33 Å². The third-order valence-corrected chi connectivity index (χ3v) is 7.51. The highest BCUT2D eigenvalue weighted by Crippen LogP contribution is 2.43. The van der Waals surface area contributed by atoms with Crippen molar-refractivity contribution in [2.45, 2.75) is 41.0 Å². The predicted octanol–water partition coefficient (Wildman–Crippen LogP) is 5.20. The second-order valence-electron chi connectivity index (χ2n) is 8.43. The summed E-state index contributed by atoms with van der Waals surface area (Å²) in [5.74, 6) is -0.0628. The molecule has 1 aliphatic heterocycles. The van der Waals surface area contributed by atoms with Crippen LogP contribution in [0.1, 0.15) is 36.0 Å². The Kier molecular flexibility index (Phi) is 8.83. The lowest BCUT2D eigenvalue weighted by molar-refractivity contribution is -0.268. The van der Waals surface area contributed by atoms with E-state index in [2.05, 4.69) is 22.4 Å². The number of benzene rings is 2. The topological polar surface area (TPSA) is 98.5 Å². The van der Waals surface area contributed by atoms with Crippen LogP contribution in [0, 0.1) is 5.92 Å². The van der Waals surface area contributed by atoms with Crippen LogP contribution in [-0.4, -0.2) is 41.4 Å². The van der Waals surface area contributed by atoms with Crippen molar-refractivity contribution in [1.82, 2.24) is 14.8 Å². The zero-order valence-electron chi connectivity index (χ0n) is 19.5. The largest absolute Gasteiger partial charge is 0.392 e. The van der Waals surface area contributed by atoms with Gasteiger partial charge >= 0.3 is 0 Å². The Morgan fingerprint density at radius 1 is 1.11 bits per heavy atom. The van der Waals surface area contributed by atoms with Gasteiger partial charge in [-0.15, -0.1) is 10.2 Å². The Bertz CT molecular complexity index is 1170. The Morgan fingerprint density at radius 2 is 1.78 bits per heavy atom. The highest BCUT2D eigenvalue weighted by atomic mass is 35.6. The van der Waals surface area contributed by atoms with E-state index in [1.807, 2.05) is 35.9 Å². The lowest BCUT2D eigenvalue weighted by atomic mass is 9.91. The van der Waals surface area contributed by atoms with Crippen LogP contribution in [0.5, 0.6) is 0 Å². The molecular weight excluding hydrogens is 547 g/mol. The average Bonchev–Trinajstić information content (AvgIpc) is 3.28. The van der Waals surface area contributed by atoms with E-state index >= 15 is 0 Å². The molecule has 12 heteroatoms. The first-order chi connectivity index (χ1) is 17.2. The molecule has 36 heavy (non-hydrogen) atoms. The van der Waals surface area contributed by atoms with Crippen molar-refractivity contribution in [2.24, 2.45) is 13.0 Å². The number of nitrogens with zero attached hydrogens (tertiary/aromatic N) is 3. The SMILES string of the molecule is C[C@@H]1[C@H](CSc2nncn2C)O[C@H](c2ccc(NC(=O)C(Cl)(Cl)Cl)cc2)O[C@@H]1c1ccc(CO)cc1. The number of anilines is 1. The fraction of sp³-hybridized carbons (Fsp3) is 0.375. The van der Waals surface area contributed by atoms with Crippen LogP contribution in [0.25, 0.3) is 0 Å². The first-order valence-electron chi connectivity index (χ1n) is 11.1. The van der Waals surface area contributed by atoms with Crippen LogP contribution in [0.3, 0.4) is 0 Å². The van der Waals surface area contributed by atoms with E-state index in [0.717, 1.165) is 21.8 Å². The minimum Gasteiger partial charge on any atom is -0.392 e.